The highest BCUT2D eigenvalue weighted by atomic mass is 19.3. The van der Waals surface area contributed by atoms with E-state index in [1.54, 1.807) is 19.1 Å². The van der Waals surface area contributed by atoms with Crippen molar-refractivity contribution < 1.29 is 18.3 Å². The van der Waals surface area contributed by atoms with Crippen molar-refractivity contribution in [1.29, 1.82) is 0 Å². The minimum atomic E-state index is -2.94. The number of amides is 1. The van der Waals surface area contributed by atoms with Crippen LogP contribution in [0, 0.1) is 0 Å². The summed E-state index contributed by atoms with van der Waals surface area (Å²) in [5, 5.41) is 5.78. The number of aryl methyl sites for hydroxylation is 2. The molecule has 1 unspecified atom stereocenters. The summed E-state index contributed by atoms with van der Waals surface area (Å²) in [6.07, 6.45) is 3.33. The van der Waals surface area contributed by atoms with Gasteiger partial charge in [-0.05, 0) is 61.6 Å². The van der Waals surface area contributed by atoms with E-state index in [-0.39, 0.29) is 17.3 Å². The Hall–Kier alpha value is -2.63. The summed E-state index contributed by atoms with van der Waals surface area (Å²) in [4.78, 5) is 12.4. The third kappa shape index (κ3) is 4.26. The minimum absolute atomic E-state index is 0.0596. The van der Waals surface area contributed by atoms with E-state index in [9.17, 15) is 13.6 Å². The first kappa shape index (κ1) is 17.2. The molecule has 2 aromatic carbocycles. The van der Waals surface area contributed by atoms with Gasteiger partial charge in [0.2, 0.25) is 5.91 Å². The van der Waals surface area contributed by atoms with Crippen LogP contribution >= 0.6 is 0 Å². The van der Waals surface area contributed by atoms with Crippen molar-refractivity contribution in [2.75, 3.05) is 10.6 Å². The van der Waals surface area contributed by atoms with Gasteiger partial charge in [-0.1, -0.05) is 18.2 Å². The monoisotopic (exact) mass is 346 g/mol. The lowest BCUT2D eigenvalue weighted by molar-refractivity contribution is -0.116. The molecule has 0 spiro atoms. The van der Waals surface area contributed by atoms with E-state index in [0.29, 0.717) is 0 Å². The summed E-state index contributed by atoms with van der Waals surface area (Å²) in [6.45, 7) is -1.22. The molecule has 3 rings (SSSR count). The molecule has 0 bridgehead atoms. The average Bonchev–Trinajstić information content (AvgIpc) is 3.03. The lowest BCUT2D eigenvalue weighted by Crippen LogP contribution is -2.32. The largest absolute Gasteiger partial charge is 0.433 e. The predicted octanol–water partition coefficient (Wildman–Crippen LogP) is 4.22. The lowest BCUT2D eigenvalue weighted by Gasteiger charge is -2.17. The lowest BCUT2D eigenvalue weighted by atomic mass is 10.1. The van der Waals surface area contributed by atoms with Gasteiger partial charge >= 0.3 is 6.61 Å². The third-order valence-electron chi connectivity index (χ3n) is 4.24. The summed E-state index contributed by atoms with van der Waals surface area (Å²) < 4.78 is 29.3. The number of benzene rings is 2. The minimum Gasteiger partial charge on any atom is -0.433 e. The van der Waals surface area contributed by atoms with Crippen molar-refractivity contribution >= 4 is 17.3 Å². The SMILES string of the molecule is CC(Nc1ccc2c(c1)CCC2)C(=O)Nc1ccccc1OC(F)F. The van der Waals surface area contributed by atoms with Crippen LogP contribution in [-0.2, 0) is 17.6 Å². The Kier molecular flexibility index (Phi) is 5.16. The van der Waals surface area contributed by atoms with Gasteiger partial charge in [-0.25, -0.2) is 0 Å². The summed E-state index contributed by atoms with van der Waals surface area (Å²) in [7, 11) is 0. The standard InChI is InChI=1S/C19H20F2N2O2/c1-12(22-15-10-9-13-5-4-6-14(13)11-15)18(24)23-16-7-2-3-8-17(16)25-19(20)21/h2-3,7-12,19,22H,4-6H2,1H3,(H,23,24). The second-order valence-corrected chi connectivity index (χ2v) is 6.07. The number of para-hydroxylation sites is 2. The molecular weight excluding hydrogens is 326 g/mol. The fourth-order valence-electron chi connectivity index (χ4n) is 2.99. The van der Waals surface area contributed by atoms with Crippen molar-refractivity contribution in [1.82, 2.24) is 0 Å². The number of rotatable bonds is 6. The molecule has 1 aliphatic rings. The van der Waals surface area contributed by atoms with E-state index >= 15 is 0 Å². The molecule has 1 atom stereocenters. The van der Waals surface area contributed by atoms with E-state index in [4.69, 9.17) is 0 Å². The quantitative estimate of drug-likeness (QED) is 0.823. The molecule has 1 aliphatic carbocycles. The van der Waals surface area contributed by atoms with Gasteiger partial charge in [0.15, 0.2) is 0 Å². The molecule has 6 heteroatoms. The summed E-state index contributed by atoms with van der Waals surface area (Å²) >= 11 is 0. The van der Waals surface area contributed by atoms with Crippen molar-refractivity contribution in [3.8, 4) is 5.75 Å². The molecule has 2 aromatic rings. The number of anilines is 2. The molecule has 4 nitrogen and oxygen atoms in total. The Bertz CT molecular complexity index is 765. The van der Waals surface area contributed by atoms with Gasteiger partial charge in [0.1, 0.15) is 11.8 Å². The Morgan fingerprint density at radius 2 is 1.88 bits per heavy atom. The molecule has 2 N–H and O–H groups in total. The van der Waals surface area contributed by atoms with Crippen LogP contribution in [0.4, 0.5) is 20.2 Å². The van der Waals surface area contributed by atoms with Crippen molar-refractivity contribution in [3.63, 3.8) is 0 Å². The fraction of sp³-hybridized carbons (Fsp3) is 0.316. The number of alkyl halides is 2. The van der Waals surface area contributed by atoms with Gasteiger partial charge < -0.3 is 15.4 Å². The second kappa shape index (κ2) is 7.51. The average molecular weight is 346 g/mol. The maximum Gasteiger partial charge on any atom is 0.387 e. The zero-order valence-corrected chi connectivity index (χ0v) is 13.9. The number of fused-ring (bicyclic) bond motifs is 1. The van der Waals surface area contributed by atoms with Crippen molar-refractivity contribution in [2.24, 2.45) is 0 Å². The highest BCUT2D eigenvalue weighted by Crippen LogP contribution is 2.27. The van der Waals surface area contributed by atoms with Crippen LogP contribution in [0.1, 0.15) is 24.5 Å². The zero-order chi connectivity index (χ0) is 17.8. The summed E-state index contributed by atoms with van der Waals surface area (Å²) in [5.41, 5.74) is 3.77. The maximum atomic E-state index is 12.4. The highest BCUT2D eigenvalue weighted by Gasteiger charge is 2.17. The van der Waals surface area contributed by atoms with Gasteiger partial charge in [0, 0.05) is 5.69 Å². The molecule has 25 heavy (non-hydrogen) atoms. The first-order valence-electron chi connectivity index (χ1n) is 8.26. The van der Waals surface area contributed by atoms with Gasteiger partial charge in [0.05, 0.1) is 5.69 Å². The molecule has 0 aliphatic heterocycles. The van der Waals surface area contributed by atoms with E-state index in [0.717, 1.165) is 24.9 Å². The molecule has 0 saturated carbocycles. The Labute approximate surface area is 145 Å². The second-order valence-electron chi connectivity index (χ2n) is 6.07. The summed E-state index contributed by atoms with van der Waals surface area (Å²) in [6, 6.07) is 11.7. The molecular formula is C19H20F2N2O2. The van der Waals surface area contributed by atoms with E-state index < -0.39 is 12.7 Å². The molecule has 132 valence electrons. The number of carbonyl (C=O) groups excluding carboxylic acids is 1. The molecule has 0 fully saturated rings. The van der Waals surface area contributed by atoms with E-state index in [1.807, 2.05) is 6.07 Å². The first-order valence-corrected chi connectivity index (χ1v) is 8.26. The normalized spacial score (nSPS) is 14.1. The molecule has 0 saturated heterocycles. The Morgan fingerprint density at radius 3 is 2.68 bits per heavy atom. The topological polar surface area (TPSA) is 50.4 Å². The van der Waals surface area contributed by atoms with Crippen LogP contribution in [0.2, 0.25) is 0 Å². The molecule has 0 aromatic heterocycles. The van der Waals surface area contributed by atoms with Crippen LogP contribution in [-0.4, -0.2) is 18.6 Å². The number of hydrogen-bond acceptors (Lipinski definition) is 3. The van der Waals surface area contributed by atoms with Crippen LogP contribution in [0.15, 0.2) is 42.5 Å². The van der Waals surface area contributed by atoms with Crippen LogP contribution < -0.4 is 15.4 Å². The Morgan fingerprint density at radius 1 is 1.12 bits per heavy atom. The number of carbonyl (C=O) groups is 1. The first-order chi connectivity index (χ1) is 12.0. The van der Waals surface area contributed by atoms with Gasteiger partial charge in [-0.3, -0.25) is 4.79 Å². The Balaban J connectivity index is 1.65. The van der Waals surface area contributed by atoms with E-state index in [1.165, 1.54) is 23.3 Å². The predicted molar refractivity (Wildman–Crippen MR) is 93.3 cm³/mol. The maximum absolute atomic E-state index is 12.4. The number of ether oxygens (including phenoxy) is 1. The van der Waals surface area contributed by atoms with Crippen LogP contribution in [0.25, 0.3) is 0 Å². The molecule has 0 radical (unpaired) electrons. The number of nitrogens with one attached hydrogen (secondary N) is 2. The van der Waals surface area contributed by atoms with Crippen LogP contribution in [0.3, 0.4) is 0 Å². The molecule has 1 amide bonds. The highest BCUT2D eigenvalue weighted by molar-refractivity contribution is 5.97. The smallest absolute Gasteiger partial charge is 0.387 e. The van der Waals surface area contributed by atoms with Crippen molar-refractivity contribution in [2.45, 2.75) is 38.8 Å². The number of hydrogen-bond donors (Lipinski definition) is 2. The molecule has 0 heterocycles. The number of halogens is 2. The third-order valence-corrected chi connectivity index (χ3v) is 4.24. The van der Waals surface area contributed by atoms with Gasteiger partial charge in [0.25, 0.3) is 0 Å². The van der Waals surface area contributed by atoms with Gasteiger partial charge in [-0.15, -0.1) is 0 Å². The fourth-order valence-corrected chi connectivity index (χ4v) is 2.99. The summed E-state index contributed by atoms with van der Waals surface area (Å²) in [5.74, 6) is -0.388. The van der Waals surface area contributed by atoms with E-state index in [2.05, 4.69) is 27.5 Å². The van der Waals surface area contributed by atoms with Crippen LogP contribution in [0.5, 0.6) is 5.75 Å². The zero-order valence-electron chi connectivity index (χ0n) is 13.9. The van der Waals surface area contributed by atoms with Crippen molar-refractivity contribution in [3.05, 3.63) is 53.6 Å². The van der Waals surface area contributed by atoms with Gasteiger partial charge in [-0.2, -0.15) is 8.78 Å².